The number of carbonyl (C=O) groups excluding carboxylic acids is 3. The van der Waals surface area contributed by atoms with Crippen LogP contribution in [0.5, 0.6) is 5.75 Å². The molecule has 2 N–H and O–H groups in total. The number of urea groups is 1. The second kappa shape index (κ2) is 11.5. The number of imide groups is 1. The third-order valence-corrected chi connectivity index (χ3v) is 3.88. The molecule has 0 saturated heterocycles. The van der Waals surface area contributed by atoms with E-state index in [0.717, 1.165) is 5.56 Å². The monoisotopic (exact) mass is 399 g/mol. The van der Waals surface area contributed by atoms with Crippen LogP contribution < -0.4 is 15.4 Å². The largest absolute Gasteiger partial charge is 0.497 e. The number of carbonyl (C=O) groups is 3. The number of hydrogen-bond acceptors (Lipinski definition) is 6. The van der Waals surface area contributed by atoms with Crippen LogP contribution in [-0.4, -0.2) is 49.6 Å². The van der Waals surface area contributed by atoms with E-state index in [1.54, 1.807) is 43.2 Å². The van der Waals surface area contributed by atoms with E-state index in [1.807, 2.05) is 30.3 Å². The average molecular weight is 399 g/mol. The topological polar surface area (TPSA) is 97.0 Å². The first-order valence-corrected chi connectivity index (χ1v) is 9.17. The number of amides is 3. The molecule has 0 aliphatic rings. The van der Waals surface area contributed by atoms with E-state index >= 15 is 0 Å². The Kier molecular flexibility index (Phi) is 8.65. The van der Waals surface area contributed by atoms with Crippen molar-refractivity contribution in [3.05, 3.63) is 60.2 Å². The van der Waals surface area contributed by atoms with E-state index in [9.17, 15) is 14.4 Å². The molecular formula is C21H25N3O5. The number of hydrogen-bond donors (Lipinski definition) is 2. The molecular weight excluding hydrogens is 374 g/mol. The summed E-state index contributed by atoms with van der Waals surface area (Å²) in [5.41, 5.74) is 1.45. The van der Waals surface area contributed by atoms with Crippen LogP contribution in [0.1, 0.15) is 12.5 Å². The Morgan fingerprint density at radius 3 is 2.28 bits per heavy atom. The van der Waals surface area contributed by atoms with Gasteiger partial charge in [0.15, 0.2) is 0 Å². The number of methoxy groups -OCH3 is 1. The number of anilines is 1. The number of nitrogens with one attached hydrogen (secondary N) is 2. The minimum Gasteiger partial charge on any atom is -0.497 e. The van der Waals surface area contributed by atoms with Gasteiger partial charge in [0.25, 0.3) is 0 Å². The van der Waals surface area contributed by atoms with E-state index in [0.29, 0.717) is 18.0 Å². The van der Waals surface area contributed by atoms with Crippen LogP contribution in [0, 0.1) is 0 Å². The summed E-state index contributed by atoms with van der Waals surface area (Å²) in [7, 11) is 1.55. The molecule has 0 radical (unpaired) electrons. The molecule has 8 nitrogen and oxygen atoms in total. The highest BCUT2D eigenvalue weighted by atomic mass is 16.5. The molecule has 3 amide bonds. The van der Waals surface area contributed by atoms with Crippen LogP contribution in [0.2, 0.25) is 0 Å². The first-order valence-electron chi connectivity index (χ1n) is 9.17. The highest BCUT2D eigenvalue weighted by Crippen LogP contribution is 2.14. The van der Waals surface area contributed by atoms with Gasteiger partial charge in [-0.2, -0.15) is 0 Å². The fourth-order valence-electron chi connectivity index (χ4n) is 2.60. The lowest BCUT2D eigenvalue weighted by atomic mass is 10.2. The molecule has 0 fully saturated rings. The van der Waals surface area contributed by atoms with Gasteiger partial charge in [-0.3, -0.25) is 19.8 Å². The maximum absolute atomic E-state index is 12.3. The predicted octanol–water partition coefficient (Wildman–Crippen LogP) is 2.41. The fourth-order valence-corrected chi connectivity index (χ4v) is 2.60. The summed E-state index contributed by atoms with van der Waals surface area (Å²) in [6.45, 7) is 2.15. The molecule has 154 valence electrons. The van der Waals surface area contributed by atoms with Gasteiger partial charge < -0.3 is 14.8 Å². The molecule has 2 aromatic carbocycles. The van der Waals surface area contributed by atoms with Gasteiger partial charge in [-0.05, 0) is 36.8 Å². The molecule has 0 aromatic heterocycles. The van der Waals surface area contributed by atoms with Crippen molar-refractivity contribution < 1.29 is 23.9 Å². The van der Waals surface area contributed by atoms with Crippen LogP contribution in [-0.2, 0) is 20.9 Å². The standard InChI is InChI=1S/C21H25N3O5/c1-3-29-20(26)15-24(13-16-7-5-4-6-8-16)14-19(25)23-21(27)22-17-9-11-18(28-2)12-10-17/h4-12H,3,13-15H2,1-2H3,(H2,22,23,25,27). The van der Waals surface area contributed by atoms with Crippen molar-refractivity contribution in [2.75, 3.05) is 32.1 Å². The van der Waals surface area contributed by atoms with E-state index in [1.165, 1.54) is 0 Å². The summed E-state index contributed by atoms with van der Waals surface area (Å²) in [6.07, 6.45) is 0. The summed E-state index contributed by atoms with van der Waals surface area (Å²) >= 11 is 0. The zero-order valence-corrected chi connectivity index (χ0v) is 16.5. The zero-order valence-electron chi connectivity index (χ0n) is 16.5. The van der Waals surface area contributed by atoms with Gasteiger partial charge in [-0.15, -0.1) is 0 Å². The lowest BCUT2D eigenvalue weighted by Gasteiger charge is -2.20. The lowest BCUT2D eigenvalue weighted by molar-refractivity contribution is -0.144. The van der Waals surface area contributed by atoms with Crippen LogP contribution in [0.15, 0.2) is 54.6 Å². The fraction of sp³-hybridized carbons (Fsp3) is 0.286. The van der Waals surface area contributed by atoms with Crippen LogP contribution in [0.3, 0.4) is 0 Å². The number of benzene rings is 2. The number of rotatable bonds is 9. The number of nitrogens with zero attached hydrogens (tertiary/aromatic N) is 1. The molecule has 0 spiro atoms. The van der Waals surface area contributed by atoms with Crippen molar-refractivity contribution in [1.29, 1.82) is 0 Å². The minimum atomic E-state index is -0.657. The molecule has 0 heterocycles. The van der Waals surface area contributed by atoms with Crippen molar-refractivity contribution in [2.24, 2.45) is 0 Å². The summed E-state index contributed by atoms with van der Waals surface area (Å²) in [6, 6.07) is 15.5. The SMILES string of the molecule is CCOC(=O)CN(CC(=O)NC(=O)Nc1ccc(OC)cc1)Cc1ccccc1. The molecule has 0 bridgehead atoms. The maximum atomic E-state index is 12.3. The third-order valence-electron chi connectivity index (χ3n) is 3.88. The van der Waals surface area contributed by atoms with Gasteiger partial charge in [-0.1, -0.05) is 30.3 Å². The molecule has 8 heteroatoms. The first-order chi connectivity index (χ1) is 14.0. The summed E-state index contributed by atoms with van der Waals surface area (Å²) < 4.78 is 10.0. The van der Waals surface area contributed by atoms with Gasteiger partial charge in [0.05, 0.1) is 26.8 Å². The van der Waals surface area contributed by atoms with E-state index in [-0.39, 0.29) is 19.7 Å². The second-order valence-corrected chi connectivity index (χ2v) is 6.17. The highest BCUT2D eigenvalue weighted by Gasteiger charge is 2.17. The summed E-state index contributed by atoms with van der Waals surface area (Å²) in [5.74, 6) is -0.308. The third kappa shape index (κ3) is 8.02. The molecule has 0 atom stereocenters. The van der Waals surface area contributed by atoms with Gasteiger partial charge in [0, 0.05) is 12.2 Å². The summed E-state index contributed by atoms with van der Waals surface area (Å²) in [4.78, 5) is 37.8. The van der Waals surface area contributed by atoms with Gasteiger partial charge in [0.1, 0.15) is 5.75 Å². The van der Waals surface area contributed by atoms with Gasteiger partial charge >= 0.3 is 12.0 Å². The van der Waals surface area contributed by atoms with Crippen molar-refractivity contribution in [1.82, 2.24) is 10.2 Å². The van der Waals surface area contributed by atoms with E-state index < -0.39 is 17.9 Å². The molecule has 0 aliphatic heterocycles. The number of ether oxygens (including phenoxy) is 2. The molecule has 0 unspecified atom stereocenters. The lowest BCUT2D eigenvalue weighted by Crippen LogP contribution is -2.43. The molecule has 2 aromatic rings. The second-order valence-electron chi connectivity index (χ2n) is 6.17. The Bertz CT molecular complexity index is 809. The number of esters is 1. The van der Waals surface area contributed by atoms with Crippen molar-refractivity contribution in [3.63, 3.8) is 0 Å². The molecule has 2 rings (SSSR count). The molecule has 0 aliphatic carbocycles. The van der Waals surface area contributed by atoms with Crippen molar-refractivity contribution in [3.8, 4) is 5.75 Å². The maximum Gasteiger partial charge on any atom is 0.325 e. The van der Waals surface area contributed by atoms with Crippen LogP contribution in [0.4, 0.5) is 10.5 Å². The summed E-state index contributed by atoms with van der Waals surface area (Å²) in [5, 5.41) is 4.84. The molecule has 29 heavy (non-hydrogen) atoms. The zero-order chi connectivity index (χ0) is 21.1. The van der Waals surface area contributed by atoms with Crippen molar-refractivity contribution in [2.45, 2.75) is 13.5 Å². The van der Waals surface area contributed by atoms with E-state index in [4.69, 9.17) is 9.47 Å². The van der Waals surface area contributed by atoms with Crippen molar-refractivity contribution >= 4 is 23.6 Å². The Hall–Kier alpha value is -3.39. The van der Waals surface area contributed by atoms with Crippen LogP contribution in [0.25, 0.3) is 0 Å². The Morgan fingerprint density at radius 1 is 0.966 bits per heavy atom. The van der Waals surface area contributed by atoms with Gasteiger partial charge in [-0.25, -0.2) is 4.79 Å². The quantitative estimate of drug-likeness (QED) is 0.629. The normalized spacial score (nSPS) is 10.3. The Morgan fingerprint density at radius 2 is 1.66 bits per heavy atom. The predicted molar refractivity (Wildman–Crippen MR) is 109 cm³/mol. The van der Waals surface area contributed by atoms with Gasteiger partial charge in [0.2, 0.25) is 5.91 Å². The average Bonchev–Trinajstić information content (AvgIpc) is 2.69. The minimum absolute atomic E-state index is 0.0593. The smallest absolute Gasteiger partial charge is 0.325 e. The highest BCUT2D eigenvalue weighted by molar-refractivity contribution is 6.01. The van der Waals surface area contributed by atoms with E-state index in [2.05, 4.69) is 10.6 Å². The Balaban J connectivity index is 1.92. The Labute approximate surface area is 169 Å². The molecule has 0 saturated carbocycles. The first kappa shape index (κ1) is 21.9. The van der Waals surface area contributed by atoms with Crippen LogP contribution >= 0.6 is 0 Å².